The predicted octanol–water partition coefficient (Wildman–Crippen LogP) is 3.28. The van der Waals surface area contributed by atoms with Crippen molar-refractivity contribution < 1.29 is 0 Å². The maximum Gasteiger partial charge on any atom is 0.0415 e. The van der Waals surface area contributed by atoms with Gasteiger partial charge in [0.15, 0.2) is 0 Å². The lowest BCUT2D eigenvalue weighted by molar-refractivity contribution is 0.213. The van der Waals surface area contributed by atoms with Crippen LogP contribution in [-0.2, 0) is 0 Å². The van der Waals surface area contributed by atoms with Crippen LogP contribution >= 0.6 is 0 Å². The topological polar surface area (TPSA) is 18.5 Å². The van der Waals surface area contributed by atoms with Crippen LogP contribution in [0.5, 0.6) is 0 Å². The standard InChI is InChI=1S/C18H31N3/c1-5-11-19-15(3)17-9-7-8-10-18(17)21-13-12-20(4)16(6-2)14-21/h7-10,15-16,19H,5-6,11-14H2,1-4H3. The first-order valence-electron chi connectivity index (χ1n) is 8.44. The van der Waals surface area contributed by atoms with E-state index in [1.165, 1.54) is 24.1 Å². The van der Waals surface area contributed by atoms with Gasteiger partial charge in [0.1, 0.15) is 0 Å². The molecule has 2 atom stereocenters. The Morgan fingerprint density at radius 3 is 2.71 bits per heavy atom. The number of benzene rings is 1. The third-order valence-corrected chi connectivity index (χ3v) is 4.69. The molecule has 2 unspecified atom stereocenters. The lowest BCUT2D eigenvalue weighted by Gasteiger charge is -2.41. The van der Waals surface area contributed by atoms with Crippen LogP contribution in [0.3, 0.4) is 0 Å². The van der Waals surface area contributed by atoms with Gasteiger partial charge in [0.2, 0.25) is 0 Å². The molecule has 2 rings (SSSR count). The Morgan fingerprint density at radius 1 is 1.24 bits per heavy atom. The zero-order valence-corrected chi connectivity index (χ0v) is 14.1. The molecule has 1 aromatic carbocycles. The molecular weight excluding hydrogens is 258 g/mol. The molecule has 1 saturated heterocycles. The van der Waals surface area contributed by atoms with Gasteiger partial charge in [-0.3, -0.25) is 4.90 Å². The van der Waals surface area contributed by atoms with Crippen molar-refractivity contribution >= 4 is 5.69 Å². The minimum atomic E-state index is 0.417. The first-order valence-corrected chi connectivity index (χ1v) is 8.44. The number of piperazine rings is 1. The molecule has 0 aromatic heterocycles. The summed E-state index contributed by atoms with van der Waals surface area (Å²) in [5.74, 6) is 0. The summed E-state index contributed by atoms with van der Waals surface area (Å²) in [6.45, 7) is 11.3. The molecule has 0 aliphatic carbocycles. The van der Waals surface area contributed by atoms with Gasteiger partial charge >= 0.3 is 0 Å². The van der Waals surface area contributed by atoms with E-state index in [-0.39, 0.29) is 0 Å². The van der Waals surface area contributed by atoms with Gasteiger partial charge in [0.25, 0.3) is 0 Å². The van der Waals surface area contributed by atoms with Crippen molar-refractivity contribution in [1.29, 1.82) is 0 Å². The highest BCUT2D eigenvalue weighted by Gasteiger charge is 2.24. The molecule has 0 saturated carbocycles. The van der Waals surface area contributed by atoms with Crippen LogP contribution in [-0.4, -0.2) is 44.2 Å². The Hall–Kier alpha value is -1.06. The fourth-order valence-electron chi connectivity index (χ4n) is 3.22. The summed E-state index contributed by atoms with van der Waals surface area (Å²) in [6, 6.07) is 9.99. The summed E-state index contributed by atoms with van der Waals surface area (Å²) in [5.41, 5.74) is 2.85. The van der Waals surface area contributed by atoms with Crippen LogP contribution in [0.4, 0.5) is 5.69 Å². The highest BCUT2D eigenvalue weighted by Crippen LogP contribution is 2.28. The van der Waals surface area contributed by atoms with Crippen molar-refractivity contribution in [2.45, 2.75) is 45.7 Å². The van der Waals surface area contributed by atoms with Gasteiger partial charge in [-0.1, -0.05) is 32.0 Å². The second kappa shape index (κ2) is 7.81. The van der Waals surface area contributed by atoms with Gasteiger partial charge < -0.3 is 10.2 Å². The normalized spacial score (nSPS) is 21.5. The first kappa shape index (κ1) is 16.3. The molecule has 3 heteroatoms. The molecule has 1 fully saturated rings. The second-order valence-electron chi connectivity index (χ2n) is 6.22. The number of likely N-dealkylation sites (N-methyl/N-ethyl adjacent to an activating group) is 1. The van der Waals surface area contributed by atoms with E-state index < -0.39 is 0 Å². The van der Waals surface area contributed by atoms with Gasteiger partial charge in [-0.25, -0.2) is 0 Å². The van der Waals surface area contributed by atoms with E-state index in [0.717, 1.165) is 26.2 Å². The van der Waals surface area contributed by atoms with Gasteiger partial charge in [-0.05, 0) is 45.0 Å². The van der Waals surface area contributed by atoms with E-state index in [1.807, 2.05) is 0 Å². The van der Waals surface area contributed by atoms with Gasteiger partial charge in [0.05, 0.1) is 0 Å². The quantitative estimate of drug-likeness (QED) is 0.867. The average Bonchev–Trinajstić information content (AvgIpc) is 2.53. The lowest BCUT2D eigenvalue weighted by Crippen LogP contribution is -2.51. The Kier molecular flexibility index (Phi) is 6.07. The van der Waals surface area contributed by atoms with Crippen molar-refractivity contribution in [2.75, 3.05) is 38.1 Å². The summed E-state index contributed by atoms with van der Waals surface area (Å²) < 4.78 is 0. The Balaban J connectivity index is 2.15. The largest absolute Gasteiger partial charge is 0.368 e. The molecule has 0 spiro atoms. The second-order valence-corrected chi connectivity index (χ2v) is 6.22. The third kappa shape index (κ3) is 3.98. The SMILES string of the molecule is CCCNC(C)c1ccccc1N1CCN(C)C(CC)C1. The van der Waals surface area contributed by atoms with Crippen LogP contribution in [0, 0.1) is 0 Å². The lowest BCUT2D eigenvalue weighted by atomic mass is 10.0. The Morgan fingerprint density at radius 2 is 2.00 bits per heavy atom. The van der Waals surface area contributed by atoms with Gasteiger partial charge in [-0.2, -0.15) is 0 Å². The van der Waals surface area contributed by atoms with Crippen molar-refractivity contribution in [2.24, 2.45) is 0 Å². The molecule has 1 N–H and O–H groups in total. The molecule has 0 amide bonds. The third-order valence-electron chi connectivity index (χ3n) is 4.69. The molecule has 1 aromatic rings. The van der Waals surface area contributed by atoms with E-state index in [1.54, 1.807) is 0 Å². The van der Waals surface area contributed by atoms with Crippen LogP contribution < -0.4 is 10.2 Å². The van der Waals surface area contributed by atoms with Gasteiger partial charge in [0, 0.05) is 37.4 Å². The monoisotopic (exact) mass is 289 g/mol. The molecule has 1 aliphatic rings. The fraction of sp³-hybridized carbons (Fsp3) is 0.667. The molecule has 1 heterocycles. The summed E-state index contributed by atoms with van der Waals surface area (Å²) in [7, 11) is 2.25. The fourth-order valence-corrected chi connectivity index (χ4v) is 3.22. The van der Waals surface area contributed by atoms with Crippen LogP contribution in [0.25, 0.3) is 0 Å². The number of hydrogen-bond donors (Lipinski definition) is 1. The molecule has 1 aliphatic heterocycles. The van der Waals surface area contributed by atoms with Crippen molar-refractivity contribution in [3.8, 4) is 0 Å². The number of para-hydroxylation sites is 1. The molecule has 3 nitrogen and oxygen atoms in total. The number of hydrogen-bond acceptors (Lipinski definition) is 3. The summed E-state index contributed by atoms with van der Waals surface area (Å²) >= 11 is 0. The number of nitrogens with zero attached hydrogens (tertiary/aromatic N) is 2. The molecule has 0 radical (unpaired) electrons. The van der Waals surface area contributed by atoms with E-state index in [4.69, 9.17) is 0 Å². The predicted molar refractivity (Wildman–Crippen MR) is 92.1 cm³/mol. The highest BCUT2D eigenvalue weighted by atomic mass is 15.3. The van der Waals surface area contributed by atoms with Crippen LogP contribution in [0.1, 0.15) is 45.2 Å². The zero-order chi connectivity index (χ0) is 15.2. The molecular formula is C18H31N3. The van der Waals surface area contributed by atoms with E-state index >= 15 is 0 Å². The Bertz CT molecular complexity index is 432. The molecule has 0 bridgehead atoms. The summed E-state index contributed by atoms with van der Waals surface area (Å²) in [6.07, 6.45) is 2.40. The number of anilines is 1. The molecule has 21 heavy (non-hydrogen) atoms. The van der Waals surface area contributed by atoms with Crippen molar-refractivity contribution in [1.82, 2.24) is 10.2 Å². The minimum absolute atomic E-state index is 0.417. The number of rotatable bonds is 6. The smallest absolute Gasteiger partial charge is 0.0415 e. The van der Waals surface area contributed by atoms with E-state index in [9.17, 15) is 0 Å². The van der Waals surface area contributed by atoms with Crippen molar-refractivity contribution in [3.63, 3.8) is 0 Å². The molecule has 118 valence electrons. The maximum absolute atomic E-state index is 3.62. The van der Waals surface area contributed by atoms with Crippen LogP contribution in [0.15, 0.2) is 24.3 Å². The first-order chi connectivity index (χ1) is 10.2. The summed E-state index contributed by atoms with van der Waals surface area (Å²) in [5, 5.41) is 3.62. The van der Waals surface area contributed by atoms with E-state index in [2.05, 4.69) is 67.2 Å². The number of nitrogens with one attached hydrogen (secondary N) is 1. The van der Waals surface area contributed by atoms with E-state index in [0.29, 0.717) is 12.1 Å². The van der Waals surface area contributed by atoms with Crippen molar-refractivity contribution in [3.05, 3.63) is 29.8 Å². The summed E-state index contributed by atoms with van der Waals surface area (Å²) in [4.78, 5) is 5.07. The maximum atomic E-state index is 3.62. The minimum Gasteiger partial charge on any atom is -0.368 e. The highest BCUT2D eigenvalue weighted by molar-refractivity contribution is 5.55. The van der Waals surface area contributed by atoms with Crippen LogP contribution in [0.2, 0.25) is 0 Å². The Labute approximate surface area is 130 Å². The average molecular weight is 289 g/mol. The van der Waals surface area contributed by atoms with Gasteiger partial charge in [-0.15, -0.1) is 0 Å². The zero-order valence-electron chi connectivity index (χ0n) is 14.1.